The van der Waals surface area contributed by atoms with Gasteiger partial charge in [0.05, 0.1) is 12.1 Å². The van der Waals surface area contributed by atoms with Gasteiger partial charge in [0.1, 0.15) is 0 Å². The van der Waals surface area contributed by atoms with Crippen molar-refractivity contribution in [1.82, 2.24) is 10.6 Å². The maximum Gasteiger partial charge on any atom is 0.166 e. The highest BCUT2D eigenvalue weighted by atomic mass is 32.1. The number of thiocarbonyl (C=S) groups is 1. The lowest BCUT2D eigenvalue weighted by Gasteiger charge is -2.29. The monoisotopic (exact) mass is 214 g/mol. The Bertz CT molecular complexity index is 208. The van der Waals surface area contributed by atoms with Gasteiger partial charge in [0.2, 0.25) is 0 Å². The fraction of sp³-hybridized carbons (Fsp3) is 0.700. The predicted octanol–water partition coefficient (Wildman–Crippen LogP) is 0.940. The minimum Gasteiger partial charge on any atom is -0.391 e. The van der Waals surface area contributed by atoms with E-state index >= 15 is 0 Å². The van der Waals surface area contributed by atoms with E-state index in [1.807, 2.05) is 0 Å². The smallest absolute Gasteiger partial charge is 0.166 e. The van der Waals surface area contributed by atoms with E-state index in [1.54, 1.807) is 6.08 Å². The Hall–Kier alpha value is -0.610. The summed E-state index contributed by atoms with van der Waals surface area (Å²) in [4.78, 5) is 0. The van der Waals surface area contributed by atoms with Gasteiger partial charge in [0, 0.05) is 6.54 Å². The number of rotatable bonds is 3. The van der Waals surface area contributed by atoms with Gasteiger partial charge in [0.25, 0.3) is 0 Å². The van der Waals surface area contributed by atoms with Crippen LogP contribution in [-0.2, 0) is 0 Å². The Labute approximate surface area is 90.6 Å². The van der Waals surface area contributed by atoms with Crippen molar-refractivity contribution >= 4 is 17.3 Å². The number of nitrogens with one attached hydrogen (secondary N) is 2. The zero-order valence-electron chi connectivity index (χ0n) is 8.33. The first-order valence-corrected chi connectivity index (χ1v) is 5.48. The summed E-state index contributed by atoms with van der Waals surface area (Å²) in [6.07, 6.45) is 5.65. The summed E-state index contributed by atoms with van der Waals surface area (Å²) in [7, 11) is 0. The molecule has 0 spiro atoms. The van der Waals surface area contributed by atoms with Crippen LogP contribution in [0.1, 0.15) is 25.7 Å². The summed E-state index contributed by atoms with van der Waals surface area (Å²) < 4.78 is 0. The van der Waals surface area contributed by atoms with Gasteiger partial charge in [0.15, 0.2) is 5.11 Å². The lowest BCUT2D eigenvalue weighted by Crippen LogP contribution is -2.48. The highest BCUT2D eigenvalue weighted by molar-refractivity contribution is 7.80. The average Bonchev–Trinajstić information content (AvgIpc) is 2.18. The van der Waals surface area contributed by atoms with Crippen LogP contribution in [-0.4, -0.2) is 28.9 Å². The molecule has 2 atom stereocenters. The molecule has 14 heavy (non-hydrogen) atoms. The number of hydrogen-bond donors (Lipinski definition) is 3. The van der Waals surface area contributed by atoms with E-state index in [2.05, 4.69) is 17.2 Å². The van der Waals surface area contributed by atoms with E-state index in [-0.39, 0.29) is 12.1 Å². The second-order valence-corrected chi connectivity index (χ2v) is 4.01. The normalized spacial score (nSPS) is 26.6. The molecule has 0 aliphatic heterocycles. The molecule has 0 amide bonds. The number of aliphatic hydroxyl groups is 1. The van der Waals surface area contributed by atoms with Crippen LogP contribution in [0.3, 0.4) is 0 Å². The van der Waals surface area contributed by atoms with Gasteiger partial charge in [-0.05, 0) is 25.1 Å². The second kappa shape index (κ2) is 5.98. The molecular weight excluding hydrogens is 196 g/mol. The van der Waals surface area contributed by atoms with Crippen LogP contribution in [0.4, 0.5) is 0 Å². The molecule has 3 N–H and O–H groups in total. The van der Waals surface area contributed by atoms with Crippen LogP contribution in [0.5, 0.6) is 0 Å². The maximum atomic E-state index is 9.67. The highest BCUT2D eigenvalue weighted by Crippen LogP contribution is 2.17. The lowest BCUT2D eigenvalue weighted by molar-refractivity contribution is 0.0997. The van der Waals surface area contributed by atoms with Gasteiger partial charge in [-0.1, -0.05) is 18.9 Å². The van der Waals surface area contributed by atoms with Crippen molar-refractivity contribution in [3.63, 3.8) is 0 Å². The van der Waals surface area contributed by atoms with E-state index in [9.17, 15) is 5.11 Å². The van der Waals surface area contributed by atoms with E-state index in [0.29, 0.717) is 11.7 Å². The first-order valence-electron chi connectivity index (χ1n) is 5.07. The van der Waals surface area contributed by atoms with Gasteiger partial charge in [-0.15, -0.1) is 6.58 Å². The van der Waals surface area contributed by atoms with Crippen molar-refractivity contribution in [3.8, 4) is 0 Å². The van der Waals surface area contributed by atoms with Crippen molar-refractivity contribution in [1.29, 1.82) is 0 Å². The van der Waals surface area contributed by atoms with Gasteiger partial charge in [-0.25, -0.2) is 0 Å². The molecule has 80 valence electrons. The van der Waals surface area contributed by atoms with Crippen molar-refractivity contribution in [3.05, 3.63) is 12.7 Å². The third kappa shape index (κ3) is 3.64. The molecule has 0 aromatic heterocycles. The van der Waals surface area contributed by atoms with E-state index in [0.717, 1.165) is 19.3 Å². The standard InChI is InChI=1S/C10H18N2OS/c1-2-7-11-10(14)12-8-5-3-4-6-9(8)13/h2,8-9,13H,1,3-7H2,(H2,11,12,14). The van der Waals surface area contributed by atoms with E-state index in [4.69, 9.17) is 12.2 Å². The SMILES string of the molecule is C=CCNC(=S)NC1CCCCC1O. The Balaban J connectivity index is 2.27. The zero-order chi connectivity index (χ0) is 10.4. The van der Waals surface area contributed by atoms with Crippen molar-refractivity contribution < 1.29 is 5.11 Å². The largest absolute Gasteiger partial charge is 0.391 e. The third-order valence-electron chi connectivity index (χ3n) is 2.45. The van der Waals surface area contributed by atoms with Crippen molar-refractivity contribution in [2.45, 2.75) is 37.8 Å². The molecule has 1 fully saturated rings. The minimum absolute atomic E-state index is 0.119. The van der Waals surface area contributed by atoms with Gasteiger partial charge in [-0.3, -0.25) is 0 Å². The molecule has 0 saturated heterocycles. The molecular formula is C10H18N2OS. The molecule has 4 heteroatoms. The third-order valence-corrected chi connectivity index (χ3v) is 2.72. The molecule has 1 aliphatic rings. The maximum absolute atomic E-state index is 9.67. The summed E-state index contributed by atoms with van der Waals surface area (Å²) in [5, 5.41) is 16.4. The van der Waals surface area contributed by atoms with E-state index < -0.39 is 0 Å². The topological polar surface area (TPSA) is 44.3 Å². The molecule has 3 nitrogen and oxygen atoms in total. The average molecular weight is 214 g/mol. The van der Waals surface area contributed by atoms with Gasteiger partial charge >= 0.3 is 0 Å². The molecule has 1 saturated carbocycles. The summed E-state index contributed by atoms with van der Waals surface area (Å²) in [6.45, 7) is 4.26. The first-order chi connectivity index (χ1) is 6.74. The molecule has 0 aromatic rings. The Kier molecular flexibility index (Phi) is 4.90. The Morgan fingerprint density at radius 2 is 2.21 bits per heavy atom. The van der Waals surface area contributed by atoms with Crippen LogP contribution in [0, 0.1) is 0 Å². The van der Waals surface area contributed by atoms with Gasteiger partial charge in [-0.2, -0.15) is 0 Å². The summed E-state index contributed by atoms with van der Waals surface area (Å²) in [6, 6.07) is 0.119. The van der Waals surface area contributed by atoms with Crippen LogP contribution in [0.25, 0.3) is 0 Å². The Morgan fingerprint density at radius 1 is 1.50 bits per heavy atom. The van der Waals surface area contributed by atoms with Crippen molar-refractivity contribution in [2.24, 2.45) is 0 Å². The molecule has 0 aromatic carbocycles. The molecule has 1 aliphatic carbocycles. The minimum atomic E-state index is -0.257. The summed E-state index contributed by atoms with van der Waals surface area (Å²) in [5.41, 5.74) is 0. The van der Waals surface area contributed by atoms with E-state index in [1.165, 1.54) is 6.42 Å². The van der Waals surface area contributed by atoms with Crippen molar-refractivity contribution in [2.75, 3.05) is 6.54 Å². The second-order valence-electron chi connectivity index (χ2n) is 3.60. The molecule has 0 heterocycles. The Morgan fingerprint density at radius 3 is 2.86 bits per heavy atom. The highest BCUT2D eigenvalue weighted by Gasteiger charge is 2.22. The van der Waals surface area contributed by atoms with Crippen LogP contribution in [0.2, 0.25) is 0 Å². The molecule has 0 radical (unpaired) electrons. The van der Waals surface area contributed by atoms with Crippen LogP contribution < -0.4 is 10.6 Å². The van der Waals surface area contributed by atoms with Crippen LogP contribution >= 0.6 is 12.2 Å². The van der Waals surface area contributed by atoms with Gasteiger partial charge < -0.3 is 15.7 Å². The fourth-order valence-electron chi connectivity index (χ4n) is 1.66. The number of hydrogen-bond acceptors (Lipinski definition) is 2. The predicted molar refractivity (Wildman–Crippen MR) is 62.2 cm³/mol. The molecule has 1 rings (SSSR count). The summed E-state index contributed by atoms with van der Waals surface area (Å²) in [5.74, 6) is 0. The molecule has 0 bridgehead atoms. The zero-order valence-corrected chi connectivity index (χ0v) is 9.15. The quantitative estimate of drug-likeness (QED) is 0.483. The first kappa shape index (κ1) is 11.5. The van der Waals surface area contributed by atoms with Crippen LogP contribution in [0.15, 0.2) is 12.7 Å². The fourth-order valence-corrected chi connectivity index (χ4v) is 1.90. The lowest BCUT2D eigenvalue weighted by atomic mass is 9.93. The summed E-state index contributed by atoms with van der Waals surface area (Å²) >= 11 is 5.07. The molecule has 2 unspecified atom stereocenters. The number of aliphatic hydroxyl groups excluding tert-OH is 1.